The third-order valence-corrected chi connectivity index (χ3v) is 3.91. The predicted molar refractivity (Wildman–Crippen MR) is 82.4 cm³/mol. The van der Waals surface area contributed by atoms with Crippen LogP contribution in [0.25, 0.3) is 0 Å². The number of hydrogen-bond donors (Lipinski definition) is 2. The quantitative estimate of drug-likeness (QED) is 0.847. The summed E-state index contributed by atoms with van der Waals surface area (Å²) in [5, 5.41) is 3.77. The first-order chi connectivity index (χ1) is 9.28. The van der Waals surface area contributed by atoms with E-state index in [1.165, 1.54) is 0 Å². The van der Waals surface area contributed by atoms with Crippen LogP contribution in [0.15, 0.2) is 18.2 Å². The summed E-state index contributed by atoms with van der Waals surface area (Å²) < 4.78 is 5.38. The van der Waals surface area contributed by atoms with Crippen molar-refractivity contribution in [3.05, 3.63) is 28.2 Å². The van der Waals surface area contributed by atoms with Gasteiger partial charge in [-0.05, 0) is 31.0 Å². The Morgan fingerprint density at radius 2 is 2.10 bits per heavy atom. The molecule has 0 heterocycles. The molecule has 0 aromatic heterocycles. The number of nitrogens with two attached hydrogens (primary N) is 1. The van der Waals surface area contributed by atoms with E-state index >= 15 is 0 Å². The van der Waals surface area contributed by atoms with Crippen LogP contribution in [0.2, 0.25) is 10.0 Å². The van der Waals surface area contributed by atoms with E-state index in [0.29, 0.717) is 22.3 Å². The van der Waals surface area contributed by atoms with E-state index in [1.807, 2.05) is 20.8 Å². The molecule has 0 saturated heterocycles. The summed E-state index contributed by atoms with van der Waals surface area (Å²) in [5.41, 5.74) is 5.26. The zero-order chi connectivity index (χ0) is 15.3. The molecule has 1 amide bonds. The average molecular weight is 319 g/mol. The van der Waals surface area contributed by atoms with Crippen molar-refractivity contribution in [2.45, 2.75) is 26.3 Å². The molecule has 0 saturated carbocycles. The first-order valence-corrected chi connectivity index (χ1v) is 7.13. The first kappa shape index (κ1) is 17.1. The Morgan fingerprint density at radius 1 is 1.45 bits per heavy atom. The maximum atomic E-state index is 11.9. The maximum absolute atomic E-state index is 11.9. The molecule has 0 aliphatic rings. The molecule has 0 radical (unpaired) electrons. The lowest BCUT2D eigenvalue weighted by molar-refractivity contribution is -0.125. The Morgan fingerprint density at radius 3 is 2.60 bits per heavy atom. The number of nitrogens with one attached hydrogen (secondary N) is 1. The van der Waals surface area contributed by atoms with Crippen LogP contribution < -0.4 is 15.8 Å². The van der Waals surface area contributed by atoms with Gasteiger partial charge in [0.05, 0.1) is 10.6 Å². The Bertz CT molecular complexity index is 480. The number of ether oxygens (including phenoxy) is 1. The smallest absolute Gasteiger partial charge is 0.258 e. The lowest BCUT2D eigenvalue weighted by Crippen LogP contribution is -2.56. The van der Waals surface area contributed by atoms with Crippen LogP contribution >= 0.6 is 23.2 Å². The molecule has 1 atom stereocenters. The molecule has 4 nitrogen and oxygen atoms in total. The third kappa shape index (κ3) is 4.54. The Hall–Kier alpha value is -0.970. The second kappa shape index (κ2) is 7.16. The lowest BCUT2D eigenvalue weighted by Gasteiger charge is -2.33. The Kier molecular flexibility index (Phi) is 6.11. The van der Waals surface area contributed by atoms with Crippen LogP contribution in [0.1, 0.15) is 20.8 Å². The Labute approximate surface area is 129 Å². The molecule has 20 heavy (non-hydrogen) atoms. The molecular formula is C14H20Cl2N2O2. The van der Waals surface area contributed by atoms with Crippen molar-refractivity contribution in [1.82, 2.24) is 5.32 Å². The van der Waals surface area contributed by atoms with E-state index in [0.717, 1.165) is 0 Å². The van der Waals surface area contributed by atoms with Gasteiger partial charge in [-0.2, -0.15) is 0 Å². The molecule has 0 aliphatic carbocycles. The lowest BCUT2D eigenvalue weighted by atomic mass is 9.88. The maximum Gasteiger partial charge on any atom is 0.258 e. The minimum Gasteiger partial charge on any atom is -0.482 e. The summed E-state index contributed by atoms with van der Waals surface area (Å²) in [6, 6.07) is 4.84. The van der Waals surface area contributed by atoms with Gasteiger partial charge in [-0.1, -0.05) is 37.0 Å². The molecule has 1 unspecified atom stereocenters. The highest BCUT2D eigenvalue weighted by molar-refractivity contribution is 6.35. The van der Waals surface area contributed by atoms with Crippen LogP contribution in [0.5, 0.6) is 5.75 Å². The monoisotopic (exact) mass is 318 g/mol. The number of benzene rings is 1. The molecule has 0 spiro atoms. The summed E-state index contributed by atoms with van der Waals surface area (Å²) in [4.78, 5) is 11.9. The van der Waals surface area contributed by atoms with Crippen molar-refractivity contribution in [1.29, 1.82) is 0 Å². The summed E-state index contributed by atoms with van der Waals surface area (Å²) in [6.45, 7) is 6.15. The van der Waals surface area contributed by atoms with Crippen LogP contribution in [-0.4, -0.2) is 24.6 Å². The standard InChI is InChI=1S/C14H20Cl2N2O2/c1-9(2)14(3,8-17)18-13(19)7-20-12-5-4-10(15)6-11(12)16/h4-6,9H,7-8,17H2,1-3H3,(H,18,19). The SMILES string of the molecule is CC(C)C(C)(CN)NC(=O)COc1ccc(Cl)cc1Cl. The molecule has 0 fully saturated rings. The molecule has 1 aromatic rings. The van der Waals surface area contributed by atoms with E-state index in [4.69, 9.17) is 33.7 Å². The van der Waals surface area contributed by atoms with E-state index in [9.17, 15) is 4.79 Å². The van der Waals surface area contributed by atoms with Crippen LogP contribution in [0.4, 0.5) is 0 Å². The van der Waals surface area contributed by atoms with Gasteiger partial charge in [0, 0.05) is 11.6 Å². The fraction of sp³-hybridized carbons (Fsp3) is 0.500. The minimum atomic E-state index is -0.454. The van der Waals surface area contributed by atoms with Gasteiger partial charge in [0.15, 0.2) is 6.61 Å². The van der Waals surface area contributed by atoms with Crippen molar-refractivity contribution >= 4 is 29.1 Å². The first-order valence-electron chi connectivity index (χ1n) is 6.37. The van der Waals surface area contributed by atoms with E-state index < -0.39 is 5.54 Å². The second-order valence-electron chi connectivity index (χ2n) is 5.19. The second-order valence-corrected chi connectivity index (χ2v) is 6.03. The largest absolute Gasteiger partial charge is 0.482 e. The number of carbonyl (C=O) groups excluding carboxylic acids is 1. The summed E-state index contributed by atoms with van der Waals surface area (Å²) in [6.07, 6.45) is 0. The summed E-state index contributed by atoms with van der Waals surface area (Å²) >= 11 is 11.7. The van der Waals surface area contributed by atoms with E-state index in [2.05, 4.69) is 5.32 Å². The van der Waals surface area contributed by atoms with Crippen molar-refractivity contribution < 1.29 is 9.53 Å². The van der Waals surface area contributed by atoms with Gasteiger partial charge in [-0.15, -0.1) is 0 Å². The predicted octanol–water partition coefficient (Wildman–Crippen LogP) is 2.86. The average Bonchev–Trinajstić information content (AvgIpc) is 2.37. The zero-order valence-electron chi connectivity index (χ0n) is 11.9. The van der Waals surface area contributed by atoms with E-state index in [1.54, 1.807) is 18.2 Å². The highest BCUT2D eigenvalue weighted by Gasteiger charge is 2.28. The number of rotatable bonds is 6. The molecule has 0 bridgehead atoms. The number of halogens is 2. The molecule has 3 N–H and O–H groups in total. The van der Waals surface area contributed by atoms with Crippen LogP contribution in [-0.2, 0) is 4.79 Å². The molecule has 1 rings (SSSR count). The van der Waals surface area contributed by atoms with Gasteiger partial charge in [0.25, 0.3) is 5.91 Å². The fourth-order valence-electron chi connectivity index (χ4n) is 1.52. The number of hydrogen-bond acceptors (Lipinski definition) is 3. The van der Waals surface area contributed by atoms with Gasteiger partial charge >= 0.3 is 0 Å². The van der Waals surface area contributed by atoms with Gasteiger partial charge < -0.3 is 15.8 Å². The van der Waals surface area contributed by atoms with Crippen LogP contribution in [0, 0.1) is 5.92 Å². The normalized spacial score (nSPS) is 13.9. The van der Waals surface area contributed by atoms with Gasteiger partial charge in [-0.3, -0.25) is 4.79 Å². The topological polar surface area (TPSA) is 64.3 Å². The Balaban J connectivity index is 2.59. The molecule has 112 valence electrons. The van der Waals surface area contributed by atoms with Gasteiger partial charge in [-0.25, -0.2) is 0 Å². The fourth-order valence-corrected chi connectivity index (χ4v) is 1.98. The minimum absolute atomic E-state index is 0.121. The van der Waals surface area contributed by atoms with Gasteiger partial charge in [0.1, 0.15) is 5.75 Å². The number of carbonyl (C=O) groups is 1. The van der Waals surface area contributed by atoms with Gasteiger partial charge in [0.2, 0.25) is 0 Å². The van der Waals surface area contributed by atoms with E-state index in [-0.39, 0.29) is 18.4 Å². The summed E-state index contributed by atoms with van der Waals surface area (Å²) in [5.74, 6) is 0.401. The summed E-state index contributed by atoms with van der Waals surface area (Å²) in [7, 11) is 0. The van der Waals surface area contributed by atoms with Crippen molar-refractivity contribution in [2.75, 3.05) is 13.2 Å². The van der Waals surface area contributed by atoms with Crippen molar-refractivity contribution in [3.8, 4) is 5.75 Å². The molecule has 0 aliphatic heterocycles. The zero-order valence-corrected chi connectivity index (χ0v) is 13.4. The molecular weight excluding hydrogens is 299 g/mol. The van der Waals surface area contributed by atoms with Crippen molar-refractivity contribution in [2.24, 2.45) is 11.7 Å². The van der Waals surface area contributed by atoms with Crippen molar-refractivity contribution in [3.63, 3.8) is 0 Å². The third-order valence-electron chi connectivity index (χ3n) is 3.38. The highest BCUT2D eigenvalue weighted by Crippen LogP contribution is 2.27. The molecule has 6 heteroatoms. The number of amides is 1. The highest BCUT2D eigenvalue weighted by atomic mass is 35.5. The molecule has 1 aromatic carbocycles. The van der Waals surface area contributed by atoms with Crippen LogP contribution in [0.3, 0.4) is 0 Å².